The standard InChI is InChI=1S/C15H16N2S2/c16-15(18)13-5-6-14(17-10-7-8-19-9-10)12-4-2-1-3-11(12)13/h1-6,10,17H,7-9H2,(H2,16,18). The number of hydrogen-bond donors (Lipinski definition) is 2. The van der Waals surface area contributed by atoms with Gasteiger partial charge in [0.2, 0.25) is 0 Å². The van der Waals surface area contributed by atoms with Gasteiger partial charge in [0.15, 0.2) is 0 Å². The predicted molar refractivity (Wildman–Crippen MR) is 89.2 cm³/mol. The summed E-state index contributed by atoms with van der Waals surface area (Å²) in [6.07, 6.45) is 1.23. The van der Waals surface area contributed by atoms with Crippen LogP contribution in [0.1, 0.15) is 12.0 Å². The molecule has 0 radical (unpaired) electrons. The van der Waals surface area contributed by atoms with E-state index in [9.17, 15) is 0 Å². The molecule has 19 heavy (non-hydrogen) atoms. The van der Waals surface area contributed by atoms with E-state index in [0.717, 1.165) is 10.9 Å². The number of thioether (sulfide) groups is 1. The summed E-state index contributed by atoms with van der Waals surface area (Å²) < 4.78 is 0. The molecule has 4 heteroatoms. The highest BCUT2D eigenvalue weighted by Gasteiger charge is 2.16. The zero-order valence-electron chi connectivity index (χ0n) is 10.6. The third kappa shape index (κ3) is 2.55. The van der Waals surface area contributed by atoms with Gasteiger partial charge in [-0.25, -0.2) is 0 Å². The molecule has 2 aromatic carbocycles. The van der Waals surface area contributed by atoms with Crippen molar-refractivity contribution in [3.8, 4) is 0 Å². The van der Waals surface area contributed by atoms with Gasteiger partial charge in [-0.1, -0.05) is 36.5 Å². The Morgan fingerprint density at radius 1 is 1.21 bits per heavy atom. The quantitative estimate of drug-likeness (QED) is 0.849. The van der Waals surface area contributed by atoms with Gasteiger partial charge < -0.3 is 11.1 Å². The highest BCUT2D eigenvalue weighted by molar-refractivity contribution is 7.99. The molecular weight excluding hydrogens is 272 g/mol. The van der Waals surface area contributed by atoms with Crippen LogP contribution >= 0.6 is 24.0 Å². The maximum absolute atomic E-state index is 5.80. The molecule has 1 unspecified atom stereocenters. The van der Waals surface area contributed by atoms with Gasteiger partial charge in [-0.05, 0) is 29.7 Å². The topological polar surface area (TPSA) is 38.0 Å². The minimum absolute atomic E-state index is 0.458. The second-order valence-electron chi connectivity index (χ2n) is 4.78. The molecule has 1 aliphatic rings. The Morgan fingerprint density at radius 3 is 2.68 bits per heavy atom. The van der Waals surface area contributed by atoms with Crippen molar-refractivity contribution in [2.24, 2.45) is 5.73 Å². The maximum atomic E-state index is 5.80. The van der Waals surface area contributed by atoms with Crippen LogP contribution in [-0.4, -0.2) is 22.5 Å². The van der Waals surface area contributed by atoms with Gasteiger partial charge in [0, 0.05) is 28.4 Å². The predicted octanol–water partition coefficient (Wildman–Crippen LogP) is 3.39. The van der Waals surface area contributed by atoms with Crippen molar-refractivity contribution >= 4 is 45.4 Å². The number of nitrogens with two attached hydrogens (primary N) is 1. The molecule has 0 bridgehead atoms. The monoisotopic (exact) mass is 288 g/mol. The van der Waals surface area contributed by atoms with Crippen LogP contribution in [0, 0.1) is 0 Å². The minimum Gasteiger partial charge on any atom is -0.389 e. The number of anilines is 1. The average Bonchev–Trinajstić information content (AvgIpc) is 2.91. The molecule has 0 amide bonds. The summed E-state index contributed by atoms with van der Waals surface area (Å²) in [7, 11) is 0. The Kier molecular flexibility index (Phi) is 3.62. The van der Waals surface area contributed by atoms with Crippen LogP contribution < -0.4 is 11.1 Å². The van der Waals surface area contributed by atoms with Gasteiger partial charge in [0.05, 0.1) is 0 Å². The summed E-state index contributed by atoms with van der Waals surface area (Å²) in [5.41, 5.74) is 7.94. The van der Waals surface area contributed by atoms with E-state index in [1.807, 2.05) is 23.9 Å². The van der Waals surface area contributed by atoms with Crippen molar-refractivity contribution in [2.45, 2.75) is 12.5 Å². The number of fused-ring (bicyclic) bond motifs is 1. The van der Waals surface area contributed by atoms with Gasteiger partial charge in [0.1, 0.15) is 4.99 Å². The van der Waals surface area contributed by atoms with Crippen LogP contribution in [0.25, 0.3) is 10.8 Å². The van der Waals surface area contributed by atoms with Crippen LogP contribution in [-0.2, 0) is 0 Å². The first-order valence-corrected chi connectivity index (χ1v) is 7.98. The van der Waals surface area contributed by atoms with Gasteiger partial charge in [-0.15, -0.1) is 0 Å². The van der Waals surface area contributed by atoms with Gasteiger partial charge in [-0.3, -0.25) is 0 Å². The van der Waals surface area contributed by atoms with Crippen LogP contribution in [0.4, 0.5) is 5.69 Å². The first-order valence-electron chi connectivity index (χ1n) is 6.41. The Labute approximate surface area is 122 Å². The zero-order chi connectivity index (χ0) is 13.2. The molecular formula is C15H16N2S2. The molecule has 1 aliphatic heterocycles. The van der Waals surface area contributed by atoms with Crippen LogP contribution in [0.15, 0.2) is 36.4 Å². The number of thiocarbonyl (C=S) groups is 1. The number of nitrogens with one attached hydrogen (secondary N) is 1. The largest absolute Gasteiger partial charge is 0.389 e. The number of hydrogen-bond acceptors (Lipinski definition) is 3. The molecule has 3 N–H and O–H groups in total. The first-order chi connectivity index (χ1) is 9.25. The molecule has 0 spiro atoms. The summed E-state index contributed by atoms with van der Waals surface area (Å²) in [4.78, 5) is 0.458. The minimum atomic E-state index is 0.458. The summed E-state index contributed by atoms with van der Waals surface area (Å²) >= 11 is 7.14. The van der Waals surface area contributed by atoms with Crippen molar-refractivity contribution in [1.82, 2.24) is 0 Å². The summed E-state index contributed by atoms with van der Waals surface area (Å²) in [5, 5.41) is 5.97. The normalized spacial score (nSPS) is 18.6. The molecule has 0 aromatic heterocycles. The van der Waals surface area contributed by atoms with E-state index < -0.39 is 0 Å². The van der Waals surface area contributed by atoms with E-state index in [2.05, 4.69) is 29.6 Å². The van der Waals surface area contributed by atoms with Crippen molar-refractivity contribution in [1.29, 1.82) is 0 Å². The molecule has 0 aliphatic carbocycles. The second kappa shape index (κ2) is 5.39. The van der Waals surface area contributed by atoms with Crippen molar-refractivity contribution < 1.29 is 0 Å². The molecule has 1 saturated heterocycles. The fourth-order valence-electron chi connectivity index (χ4n) is 2.51. The lowest BCUT2D eigenvalue weighted by Gasteiger charge is -2.16. The summed E-state index contributed by atoms with van der Waals surface area (Å²) in [6, 6.07) is 13.0. The molecule has 98 valence electrons. The second-order valence-corrected chi connectivity index (χ2v) is 6.37. The first kappa shape index (κ1) is 12.8. The van der Waals surface area contributed by atoms with Gasteiger partial charge in [0.25, 0.3) is 0 Å². The Morgan fingerprint density at radius 2 is 2.00 bits per heavy atom. The third-order valence-corrected chi connectivity index (χ3v) is 4.86. The smallest absolute Gasteiger partial charge is 0.104 e. The lowest BCUT2D eigenvalue weighted by atomic mass is 10.0. The Hall–Kier alpha value is -1.26. The van der Waals surface area contributed by atoms with E-state index in [1.54, 1.807) is 0 Å². The van der Waals surface area contributed by atoms with Crippen molar-refractivity contribution in [2.75, 3.05) is 16.8 Å². The van der Waals surface area contributed by atoms with E-state index in [0.29, 0.717) is 11.0 Å². The Balaban J connectivity index is 2.05. The van der Waals surface area contributed by atoms with Crippen molar-refractivity contribution in [3.63, 3.8) is 0 Å². The van der Waals surface area contributed by atoms with Crippen LogP contribution in [0.2, 0.25) is 0 Å². The maximum Gasteiger partial charge on any atom is 0.104 e. The summed E-state index contributed by atoms with van der Waals surface area (Å²) in [5.74, 6) is 2.44. The number of rotatable bonds is 3. The average molecular weight is 288 g/mol. The van der Waals surface area contributed by atoms with Crippen molar-refractivity contribution in [3.05, 3.63) is 42.0 Å². The van der Waals surface area contributed by atoms with Crippen LogP contribution in [0.3, 0.4) is 0 Å². The van der Waals surface area contributed by atoms with Gasteiger partial charge >= 0.3 is 0 Å². The van der Waals surface area contributed by atoms with E-state index >= 15 is 0 Å². The molecule has 2 aromatic rings. The third-order valence-electron chi connectivity index (χ3n) is 3.48. The van der Waals surface area contributed by atoms with Gasteiger partial charge in [-0.2, -0.15) is 11.8 Å². The molecule has 3 rings (SSSR count). The highest BCUT2D eigenvalue weighted by atomic mass is 32.2. The molecule has 1 fully saturated rings. The van der Waals surface area contributed by atoms with Crippen LogP contribution in [0.5, 0.6) is 0 Å². The lowest BCUT2D eigenvalue weighted by Crippen LogP contribution is -2.18. The fourth-order valence-corrected chi connectivity index (χ4v) is 3.84. The molecule has 1 atom stereocenters. The molecule has 0 saturated carbocycles. The Bertz CT molecular complexity index is 619. The van der Waals surface area contributed by atoms with E-state index in [-0.39, 0.29) is 0 Å². The zero-order valence-corrected chi connectivity index (χ0v) is 12.2. The van der Waals surface area contributed by atoms with E-state index in [1.165, 1.54) is 29.0 Å². The fraction of sp³-hybridized carbons (Fsp3) is 0.267. The highest BCUT2D eigenvalue weighted by Crippen LogP contribution is 2.29. The molecule has 2 nitrogen and oxygen atoms in total. The van der Waals surface area contributed by atoms with E-state index in [4.69, 9.17) is 18.0 Å². The summed E-state index contributed by atoms with van der Waals surface area (Å²) in [6.45, 7) is 0. The lowest BCUT2D eigenvalue weighted by molar-refractivity contribution is 0.814. The number of benzene rings is 2. The SMILES string of the molecule is NC(=S)c1ccc(NC2CCSC2)c2ccccc12. The molecule has 1 heterocycles.